The molecule has 3 aromatic heterocycles. The molecule has 5 rings (SSSR count). The van der Waals surface area contributed by atoms with E-state index in [0.29, 0.717) is 44.2 Å². The van der Waals surface area contributed by atoms with Crippen molar-refractivity contribution in [3.63, 3.8) is 0 Å². The van der Waals surface area contributed by atoms with E-state index in [0.717, 1.165) is 0 Å². The average molecular weight is 420 g/mol. The summed E-state index contributed by atoms with van der Waals surface area (Å²) in [4.78, 5) is 22.8. The lowest BCUT2D eigenvalue weighted by molar-refractivity contribution is 0.102. The molecule has 8 heteroatoms. The lowest BCUT2D eigenvalue weighted by Gasteiger charge is -2.10. The van der Waals surface area contributed by atoms with Crippen molar-refractivity contribution in [3.8, 4) is 11.3 Å². The Kier molecular flexibility index (Phi) is 4.29. The van der Waals surface area contributed by atoms with E-state index < -0.39 is 0 Å². The molecule has 148 valence electrons. The highest BCUT2D eigenvalue weighted by Crippen LogP contribution is 2.31. The Balaban J connectivity index is 1.58. The van der Waals surface area contributed by atoms with Gasteiger partial charge in [0.25, 0.3) is 5.91 Å². The molecule has 0 saturated heterocycles. The molecular weight excluding hydrogens is 406 g/mol. The van der Waals surface area contributed by atoms with Gasteiger partial charge in [0.05, 0.1) is 16.8 Å². The summed E-state index contributed by atoms with van der Waals surface area (Å²) >= 11 is 1.43. The van der Waals surface area contributed by atoms with E-state index in [2.05, 4.69) is 15.3 Å². The highest BCUT2D eigenvalue weighted by Gasteiger charge is 2.20. The number of nitrogens with zero attached hydrogens (tertiary/aromatic N) is 3. The van der Waals surface area contributed by atoms with Gasteiger partial charge in [0.1, 0.15) is 23.1 Å². The Morgan fingerprint density at radius 1 is 1.03 bits per heavy atom. The second kappa shape index (κ2) is 7.00. The molecule has 0 radical (unpaired) electrons. The minimum absolute atomic E-state index is 0.348. The van der Waals surface area contributed by atoms with Crippen molar-refractivity contribution in [2.45, 2.75) is 6.92 Å². The third-order valence-electron chi connectivity index (χ3n) is 4.83. The molecule has 5 aromatic rings. The number of rotatable bonds is 3. The predicted octanol–water partition coefficient (Wildman–Crippen LogP) is 5.45. The second-order valence-electron chi connectivity index (χ2n) is 6.78. The zero-order valence-electron chi connectivity index (χ0n) is 15.7. The van der Waals surface area contributed by atoms with Crippen LogP contribution in [0, 0.1) is 18.6 Å². The van der Waals surface area contributed by atoms with Gasteiger partial charge >= 0.3 is 0 Å². The van der Waals surface area contributed by atoms with Gasteiger partial charge in [0.2, 0.25) is 0 Å². The van der Waals surface area contributed by atoms with E-state index in [4.69, 9.17) is 0 Å². The van der Waals surface area contributed by atoms with E-state index in [-0.39, 0.29) is 17.5 Å². The fourth-order valence-electron chi connectivity index (χ4n) is 3.36. The molecule has 0 aliphatic rings. The second-order valence-corrected chi connectivity index (χ2v) is 7.66. The SMILES string of the molecule is Cc1nc2cc(F)ccc2cc1C(=O)Nc1c(-c2ccc(F)cc2)nc2sccn12. The maximum absolute atomic E-state index is 13.5. The number of aromatic nitrogens is 3. The Hall–Kier alpha value is -3.65. The smallest absolute Gasteiger partial charge is 0.258 e. The first-order valence-corrected chi connectivity index (χ1v) is 9.97. The molecule has 0 atom stereocenters. The molecule has 0 aliphatic carbocycles. The number of hydrogen-bond donors (Lipinski definition) is 1. The molecule has 0 unspecified atom stereocenters. The summed E-state index contributed by atoms with van der Waals surface area (Å²) in [5, 5.41) is 5.46. The summed E-state index contributed by atoms with van der Waals surface area (Å²) in [6, 6.07) is 11.9. The Bertz CT molecular complexity index is 1420. The number of thiazole rings is 1. The van der Waals surface area contributed by atoms with E-state index in [1.54, 1.807) is 35.6 Å². The normalized spacial score (nSPS) is 11.3. The molecule has 0 saturated carbocycles. The van der Waals surface area contributed by atoms with Crippen molar-refractivity contribution in [3.05, 3.63) is 83.0 Å². The van der Waals surface area contributed by atoms with Crippen LogP contribution in [-0.2, 0) is 0 Å². The molecule has 0 bridgehead atoms. The minimum Gasteiger partial charge on any atom is -0.306 e. The van der Waals surface area contributed by atoms with Crippen LogP contribution in [0.15, 0.2) is 60.1 Å². The van der Waals surface area contributed by atoms with Crippen molar-refractivity contribution >= 4 is 38.9 Å². The van der Waals surface area contributed by atoms with E-state index in [1.807, 2.05) is 11.6 Å². The third-order valence-corrected chi connectivity index (χ3v) is 5.58. The van der Waals surface area contributed by atoms with Crippen LogP contribution < -0.4 is 5.32 Å². The van der Waals surface area contributed by atoms with Crippen LogP contribution in [-0.4, -0.2) is 20.3 Å². The number of halogens is 2. The van der Waals surface area contributed by atoms with Gasteiger partial charge in [0.15, 0.2) is 4.96 Å². The van der Waals surface area contributed by atoms with Crippen molar-refractivity contribution in [1.29, 1.82) is 0 Å². The maximum atomic E-state index is 13.5. The summed E-state index contributed by atoms with van der Waals surface area (Å²) in [7, 11) is 0. The number of imidazole rings is 1. The number of fused-ring (bicyclic) bond motifs is 2. The fraction of sp³-hybridized carbons (Fsp3) is 0.0455. The van der Waals surface area contributed by atoms with Gasteiger partial charge in [-0.15, -0.1) is 11.3 Å². The molecule has 30 heavy (non-hydrogen) atoms. The average Bonchev–Trinajstić information content (AvgIpc) is 3.30. The summed E-state index contributed by atoms with van der Waals surface area (Å²) in [5.74, 6) is -0.599. The highest BCUT2D eigenvalue weighted by molar-refractivity contribution is 7.15. The van der Waals surface area contributed by atoms with Gasteiger partial charge in [-0.3, -0.25) is 14.2 Å². The number of hydrogen-bond acceptors (Lipinski definition) is 4. The lowest BCUT2D eigenvalue weighted by Crippen LogP contribution is -2.16. The van der Waals surface area contributed by atoms with Gasteiger partial charge < -0.3 is 5.32 Å². The number of aryl methyl sites for hydroxylation is 1. The standard InChI is InChI=1S/C22H14F2N4OS/c1-12-17(10-14-4-7-16(24)11-18(14)25-12)21(29)27-20-19(13-2-5-15(23)6-3-13)26-22-28(20)8-9-30-22/h2-11H,1H3,(H,27,29). The fourth-order valence-corrected chi connectivity index (χ4v) is 4.07. The van der Waals surface area contributed by atoms with Crippen LogP contribution in [0.3, 0.4) is 0 Å². The molecule has 0 fully saturated rings. The van der Waals surface area contributed by atoms with Gasteiger partial charge in [-0.05, 0) is 49.4 Å². The minimum atomic E-state index is -0.380. The lowest BCUT2D eigenvalue weighted by atomic mass is 10.1. The largest absolute Gasteiger partial charge is 0.306 e. The molecule has 1 N–H and O–H groups in total. The predicted molar refractivity (Wildman–Crippen MR) is 113 cm³/mol. The number of anilines is 1. The number of carbonyl (C=O) groups excluding carboxylic acids is 1. The van der Waals surface area contributed by atoms with Gasteiger partial charge in [-0.25, -0.2) is 13.8 Å². The number of amides is 1. The molecule has 1 amide bonds. The van der Waals surface area contributed by atoms with Gasteiger partial charge in [-0.1, -0.05) is 0 Å². The number of carbonyl (C=O) groups is 1. The van der Waals surface area contributed by atoms with E-state index in [9.17, 15) is 13.6 Å². The topological polar surface area (TPSA) is 59.3 Å². The number of benzene rings is 2. The van der Waals surface area contributed by atoms with Crippen LogP contribution in [0.25, 0.3) is 27.1 Å². The van der Waals surface area contributed by atoms with E-state index in [1.165, 1.54) is 35.6 Å². The molecule has 2 aromatic carbocycles. The van der Waals surface area contributed by atoms with Crippen molar-refractivity contribution < 1.29 is 13.6 Å². The van der Waals surface area contributed by atoms with Crippen molar-refractivity contribution in [2.24, 2.45) is 0 Å². The van der Waals surface area contributed by atoms with Crippen LogP contribution in [0.4, 0.5) is 14.6 Å². The first-order chi connectivity index (χ1) is 14.5. The summed E-state index contributed by atoms with van der Waals surface area (Å²) in [6.07, 6.45) is 1.81. The Morgan fingerprint density at radius 2 is 1.80 bits per heavy atom. The first kappa shape index (κ1) is 18.4. The zero-order valence-corrected chi connectivity index (χ0v) is 16.5. The molecule has 3 heterocycles. The van der Waals surface area contributed by atoms with Gasteiger partial charge in [0, 0.05) is 28.6 Å². The first-order valence-electron chi connectivity index (χ1n) is 9.09. The van der Waals surface area contributed by atoms with Crippen molar-refractivity contribution in [2.75, 3.05) is 5.32 Å². The third kappa shape index (κ3) is 3.11. The van der Waals surface area contributed by atoms with Gasteiger partial charge in [-0.2, -0.15) is 0 Å². The zero-order chi connectivity index (χ0) is 20.8. The maximum Gasteiger partial charge on any atom is 0.258 e. The Morgan fingerprint density at radius 3 is 2.60 bits per heavy atom. The number of nitrogens with one attached hydrogen (secondary N) is 1. The van der Waals surface area contributed by atoms with Crippen LogP contribution in [0.1, 0.15) is 16.1 Å². The monoisotopic (exact) mass is 420 g/mol. The summed E-state index contributed by atoms with van der Waals surface area (Å²) in [6.45, 7) is 1.71. The van der Waals surface area contributed by atoms with Crippen LogP contribution >= 0.6 is 11.3 Å². The Labute approximate surface area is 173 Å². The quantitative estimate of drug-likeness (QED) is 0.422. The highest BCUT2D eigenvalue weighted by atomic mass is 32.1. The molecule has 5 nitrogen and oxygen atoms in total. The van der Waals surface area contributed by atoms with Crippen LogP contribution in [0.2, 0.25) is 0 Å². The molecule has 0 aliphatic heterocycles. The number of pyridine rings is 1. The molecule has 0 spiro atoms. The molecular formula is C22H14F2N4OS. The van der Waals surface area contributed by atoms with Crippen molar-refractivity contribution in [1.82, 2.24) is 14.4 Å². The summed E-state index contributed by atoms with van der Waals surface area (Å²) in [5.41, 5.74) is 2.58. The summed E-state index contributed by atoms with van der Waals surface area (Å²) < 4.78 is 28.6. The van der Waals surface area contributed by atoms with Crippen LogP contribution in [0.5, 0.6) is 0 Å². The van der Waals surface area contributed by atoms with E-state index >= 15 is 0 Å².